The molecule has 2 heterocycles. The van der Waals surface area contributed by atoms with E-state index < -0.39 is 11.9 Å². The summed E-state index contributed by atoms with van der Waals surface area (Å²) in [5.41, 5.74) is 8.59. The van der Waals surface area contributed by atoms with Crippen molar-refractivity contribution >= 4 is 11.9 Å². The zero-order valence-corrected chi connectivity index (χ0v) is 42.2. The Morgan fingerprint density at radius 3 is 1.66 bits per heavy atom. The lowest BCUT2D eigenvalue weighted by Gasteiger charge is -2.46. The lowest BCUT2D eigenvalue weighted by molar-refractivity contribution is -0.941. The molecule has 0 aromatic heterocycles. The molecule has 4 aromatic carbocycles. The second-order valence-corrected chi connectivity index (χ2v) is 18.4. The molecular formula is C54H70N2O15+2. The average Bonchev–Trinajstić information content (AvgIpc) is 3.39. The first-order chi connectivity index (χ1) is 34.2. The van der Waals surface area contributed by atoms with Crippen molar-refractivity contribution in [3.05, 3.63) is 104 Å². The van der Waals surface area contributed by atoms with Crippen molar-refractivity contribution in [3.63, 3.8) is 0 Å². The van der Waals surface area contributed by atoms with Gasteiger partial charge in [-0.2, -0.15) is 0 Å². The molecule has 0 radical (unpaired) electrons. The minimum atomic E-state index is -0.860. The molecule has 4 atom stereocenters. The van der Waals surface area contributed by atoms with Gasteiger partial charge in [0.25, 0.3) is 0 Å². The number of aliphatic hydroxyl groups is 5. The highest BCUT2D eigenvalue weighted by Gasteiger charge is 2.45. The third-order valence-corrected chi connectivity index (χ3v) is 14.3. The highest BCUT2D eigenvalue weighted by atomic mass is 16.5. The Morgan fingerprint density at radius 2 is 1.11 bits per heavy atom. The number of likely N-dealkylation sites (N-methyl/N-ethyl adjacent to an activating group) is 2. The van der Waals surface area contributed by atoms with E-state index in [1.54, 1.807) is 35.5 Å². The maximum Gasteiger partial charge on any atom is 0.384 e. The van der Waals surface area contributed by atoms with Gasteiger partial charge in [-0.3, -0.25) is 0 Å². The molecule has 0 spiro atoms. The minimum absolute atomic E-state index is 0.0342. The van der Waals surface area contributed by atoms with Gasteiger partial charge in [-0.15, -0.1) is 0 Å². The molecular weight excluding hydrogens is 917 g/mol. The number of quaternary nitrogens is 2. The van der Waals surface area contributed by atoms with E-state index in [-0.39, 0.29) is 58.3 Å². The third-order valence-electron chi connectivity index (χ3n) is 14.3. The Bertz CT molecular complexity index is 2580. The van der Waals surface area contributed by atoms with E-state index in [0.29, 0.717) is 123 Å². The first-order valence-electron chi connectivity index (χ1n) is 23.7. The van der Waals surface area contributed by atoms with Crippen molar-refractivity contribution < 1.29 is 82.0 Å². The van der Waals surface area contributed by atoms with Crippen molar-refractivity contribution in [1.82, 2.24) is 0 Å². The van der Waals surface area contributed by atoms with Crippen LogP contribution in [-0.4, -0.2) is 143 Å². The molecule has 0 aliphatic carbocycles. The van der Waals surface area contributed by atoms with E-state index >= 15 is 0 Å². The Kier molecular flexibility index (Phi) is 18.6. The number of aliphatic hydroxyl groups excluding tert-OH is 5. The average molecular weight is 987 g/mol. The molecule has 4 aromatic rings. The summed E-state index contributed by atoms with van der Waals surface area (Å²) in [5.74, 6) is 5.77. The Labute approximate surface area is 416 Å². The highest BCUT2D eigenvalue weighted by Crippen LogP contribution is 2.53. The van der Waals surface area contributed by atoms with Crippen molar-refractivity contribution in [3.8, 4) is 46.3 Å². The zero-order valence-electron chi connectivity index (χ0n) is 42.2. The lowest BCUT2D eigenvalue weighted by atomic mass is 9.82. The summed E-state index contributed by atoms with van der Waals surface area (Å²) in [6, 6.07) is 12.8. The molecule has 0 saturated carbocycles. The van der Waals surface area contributed by atoms with Crippen LogP contribution in [0.1, 0.15) is 86.1 Å². The van der Waals surface area contributed by atoms with Crippen molar-refractivity contribution in [2.75, 3.05) is 96.1 Å². The normalized spacial score (nSPS) is 19.1. The van der Waals surface area contributed by atoms with Gasteiger partial charge in [0.15, 0.2) is 23.0 Å². The van der Waals surface area contributed by atoms with Crippen LogP contribution in [0.5, 0.6) is 34.5 Å². The summed E-state index contributed by atoms with van der Waals surface area (Å²) >= 11 is 0. The molecule has 0 fully saturated rings. The van der Waals surface area contributed by atoms with E-state index in [9.17, 15) is 35.1 Å². The number of benzene rings is 4. The summed E-state index contributed by atoms with van der Waals surface area (Å²) in [7, 11) is 13.6. The predicted molar refractivity (Wildman–Crippen MR) is 261 cm³/mol. The van der Waals surface area contributed by atoms with Crippen LogP contribution in [0.3, 0.4) is 0 Å². The fraction of sp³-hybridized carbons (Fsp3) is 0.481. The van der Waals surface area contributed by atoms with Gasteiger partial charge in [-0.05, 0) is 51.6 Å². The monoisotopic (exact) mass is 986 g/mol. The molecule has 17 nitrogen and oxygen atoms in total. The fourth-order valence-electron chi connectivity index (χ4n) is 10.7. The van der Waals surface area contributed by atoms with Gasteiger partial charge in [-0.25, -0.2) is 9.59 Å². The lowest BCUT2D eigenvalue weighted by Crippen LogP contribution is -2.53. The van der Waals surface area contributed by atoms with Crippen LogP contribution in [-0.2, 0) is 71.4 Å². The largest absolute Gasteiger partial charge is 0.496 e. The summed E-state index contributed by atoms with van der Waals surface area (Å²) < 4.78 is 46.8. The summed E-state index contributed by atoms with van der Waals surface area (Å²) in [6.45, 7) is 1.35. The predicted octanol–water partition coefficient (Wildman–Crippen LogP) is 4.15. The van der Waals surface area contributed by atoms with Gasteiger partial charge in [-0.1, -0.05) is 24.3 Å². The number of esters is 2. The smallest absolute Gasteiger partial charge is 0.384 e. The summed E-state index contributed by atoms with van der Waals surface area (Å²) in [5, 5.41) is 50.9. The zero-order chi connectivity index (χ0) is 51.5. The number of ether oxygens (including phenoxy) is 8. The SMILES string of the molecule is COc1cc(C2c3c(cc(OC)c(OC)c3OC)CC[N+]2(C)CCCOC(=O)C#CC(=O)OCCC[N+]2(C)CCc3cc(CO)c(CO)c(OC)c3C2Cc2ccc(CO)c(CO)c2)cc(CO)c1OC. The Hall–Kier alpha value is -6.10. The fourth-order valence-corrected chi connectivity index (χ4v) is 10.7. The van der Waals surface area contributed by atoms with Crippen molar-refractivity contribution in [2.24, 2.45) is 0 Å². The Balaban J connectivity index is 1.12. The van der Waals surface area contributed by atoms with E-state index in [2.05, 4.69) is 25.9 Å². The Morgan fingerprint density at radius 1 is 0.563 bits per heavy atom. The number of methoxy groups -OCH3 is 6. The molecule has 5 N–H and O–H groups in total. The third kappa shape index (κ3) is 11.5. The second-order valence-electron chi connectivity index (χ2n) is 18.4. The maximum absolute atomic E-state index is 12.9. The number of hydrogen-bond acceptors (Lipinski definition) is 15. The van der Waals surface area contributed by atoms with Gasteiger partial charge in [0.1, 0.15) is 17.8 Å². The van der Waals surface area contributed by atoms with Crippen LogP contribution >= 0.6 is 0 Å². The maximum atomic E-state index is 12.9. The molecule has 2 aliphatic heterocycles. The molecule has 2 aliphatic rings. The topological polar surface area (TPSA) is 209 Å². The van der Waals surface area contributed by atoms with Crippen molar-refractivity contribution in [2.45, 2.75) is 77.2 Å². The first-order valence-corrected chi connectivity index (χ1v) is 23.7. The minimum Gasteiger partial charge on any atom is -0.496 e. The molecule has 17 heteroatoms. The second kappa shape index (κ2) is 24.3. The number of carbonyl (C=O) groups excluding carboxylic acids is 2. The van der Waals surface area contributed by atoms with Crippen molar-refractivity contribution in [1.29, 1.82) is 0 Å². The number of fused-ring (bicyclic) bond motifs is 2. The van der Waals surface area contributed by atoms with Crippen LogP contribution in [0, 0.1) is 11.8 Å². The molecule has 6 rings (SSSR count). The molecule has 71 heavy (non-hydrogen) atoms. The number of nitrogens with zero attached hydrogens (tertiary/aromatic N) is 2. The van der Waals surface area contributed by atoms with E-state index in [0.717, 1.165) is 39.9 Å². The van der Waals surface area contributed by atoms with Gasteiger partial charge < -0.3 is 72.4 Å². The molecule has 0 saturated heterocycles. The molecule has 4 unspecified atom stereocenters. The van der Waals surface area contributed by atoms with Crippen LogP contribution in [0.25, 0.3) is 0 Å². The first kappa shape index (κ1) is 54.2. The summed E-state index contributed by atoms with van der Waals surface area (Å²) in [4.78, 5) is 25.7. The number of hydrogen-bond donors (Lipinski definition) is 5. The number of carbonyl (C=O) groups is 2. The van der Waals surface area contributed by atoms with E-state index in [4.69, 9.17) is 37.9 Å². The van der Waals surface area contributed by atoms with Gasteiger partial charge in [0.2, 0.25) is 5.75 Å². The van der Waals surface area contributed by atoms with Crippen LogP contribution in [0.15, 0.2) is 42.5 Å². The van der Waals surface area contributed by atoms with Gasteiger partial charge >= 0.3 is 11.9 Å². The van der Waals surface area contributed by atoms with Gasteiger partial charge in [0, 0.05) is 60.6 Å². The van der Waals surface area contributed by atoms with Crippen LogP contribution in [0.4, 0.5) is 0 Å². The highest BCUT2D eigenvalue weighted by molar-refractivity contribution is 5.98. The van der Waals surface area contributed by atoms with E-state index in [1.165, 1.54) is 7.11 Å². The van der Waals surface area contributed by atoms with Crippen LogP contribution in [0.2, 0.25) is 0 Å². The quantitative estimate of drug-likeness (QED) is 0.0247. The van der Waals surface area contributed by atoms with Crippen LogP contribution < -0.4 is 28.4 Å². The standard InChI is InChI=1S/C54H70N2O15/c1-55(19-15-35-25-40(31-59)42(33-61)52(67-6)48(35)43(55)24-34-11-12-37(29-57)39(23-34)30-58)17-9-21-70-46(62)13-14-47(63)71-22-10-18-56(2)20-16-36-27-45(65-4)53(68-7)54(69-8)49(36)50(56)38-26-41(32-60)51(66-5)44(28-38)64-3/h11-12,23,25-28,43,50,57-61H,9-10,15-22,24,29-33H2,1-8H3/q+2. The molecule has 0 amide bonds. The molecule has 384 valence electrons. The number of rotatable bonds is 22. The molecule has 0 bridgehead atoms. The van der Waals surface area contributed by atoms with Gasteiger partial charge in [0.05, 0.1) is 140 Å². The van der Waals surface area contributed by atoms with E-state index in [1.807, 2.05) is 42.5 Å². The summed E-state index contributed by atoms with van der Waals surface area (Å²) in [6.07, 6.45) is 2.80.